The molecule has 3 aliphatic rings. The zero-order chi connectivity index (χ0) is 15.6. The van der Waals surface area contributed by atoms with Crippen molar-refractivity contribution in [3.63, 3.8) is 0 Å². The predicted molar refractivity (Wildman–Crippen MR) is 77.0 cm³/mol. The largest absolute Gasteiger partial charge is 0.466 e. The molecule has 22 heavy (non-hydrogen) atoms. The summed E-state index contributed by atoms with van der Waals surface area (Å²) in [6.07, 6.45) is 6.82. The van der Waals surface area contributed by atoms with Crippen LogP contribution >= 0.6 is 0 Å². The van der Waals surface area contributed by atoms with E-state index in [1.54, 1.807) is 7.11 Å². The molecule has 0 amide bonds. The molecule has 3 atom stereocenters. The third-order valence-electron chi connectivity index (χ3n) is 4.64. The molecule has 3 rings (SSSR count). The van der Waals surface area contributed by atoms with Gasteiger partial charge in [-0.05, 0) is 18.9 Å². The van der Waals surface area contributed by atoms with E-state index in [1.807, 2.05) is 6.08 Å². The first-order valence-electron chi connectivity index (χ1n) is 7.93. The van der Waals surface area contributed by atoms with E-state index in [4.69, 9.17) is 23.7 Å². The molecule has 2 fully saturated rings. The second kappa shape index (κ2) is 6.66. The molecular weight excluding hydrogens is 288 g/mol. The van der Waals surface area contributed by atoms with Crippen molar-refractivity contribution in [2.45, 2.75) is 62.6 Å². The molecule has 1 saturated heterocycles. The van der Waals surface area contributed by atoms with Gasteiger partial charge in [0.05, 0.1) is 13.2 Å². The first-order valence-corrected chi connectivity index (χ1v) is 7.93. The van der Waals surface area contributed by atoms with Crippen LogP contribution in [0.2, 0.25) is 0 Å². The summed E-state index contributed by atoms with van der Waals surface area (Å²) in [6.45, 7) is 0.165. The number of fused-ring (bicyclic) bond motifs is 1. The quantitative estimate of drug-likeness (QED) is 0.584. The van der Waals surface area contributed by atoms with Crippen LogP contribution in [0, 0.1) is 0 Å². The van der Waals surface area contributed by atoms with Gasteiger partial charge in [-0.25, -0.2) is 4.79 Å². The number of ether oxygens (including phenoxy) is 5. The molecule has 124 valence electrons. The van der Waals surface area contributed by atoms with Gasteiger partial charge in [0.2, 0.25) is 0 Å². The Morgan fingerprint density at radius 1 is 1.27 bits per heavy atom. The van der Waals surface area contributed by atoms with Crippen LogP contribution in [0.3, 0.4) is 0 Å². The Labute approximate surface area is 130 Å². The monoisotopic (exact) mass is 312 g/mol. The van der Waals surface area contributed by atoms with Crippen LogP contribution in [-0.4, -0.2) is 51.1 Å². The maximum absolute atomic E-state index is 11.9. The summed E-state index contributed by atoms with van der Waals surface area (Å²) in [5.41, 5.74) is 0.585. The minimum Gasteiger partial charge on any atom is -0.466 e. The molecule has 2 aliphatic carbocycles. The number of hydrogen-bond donors (Lipinski definition) is 0. The standard InChI is InChI=1S/C16H24O6/c1-18-10-20-12-8-11(15(17)19-2)9-13-14(12)22-16(21-13)6-4-3-5-7-16/h9,12-14H,3-8,10H2,1-2H3/t12-,13-,14+/m1/s1. The summed E-state index contributed by atoms with van der Waals surface area (Å²) in [5, 5.41) is 0. The van der Waals surface area contributed by atoms with E-state index >= 15 is 0 Å². The molecule has 6 nitrogen and oxygen atoms in total. The highest BCUT2D eigenvalue weighted by Crippen LogP contribution is 2.44. The van der Waals surface area contributed by atoms with Crippen LogP contribution in [0.25, 0.3) is 0 Å². The topological polar surface area (TPSA) is 63.2 Å². The van der Waals surface area contributed by atoms with E-state index < -0.39 is 5.79 Å². The smallest absolute Gasteiger partial charge is 0.333 e. The van der Waals surface area contributed by atoms with E-state index in [9.17, 15) is 4.79 Å². The highest BCUT2D eigenvalue weighted by atomic mass is 16.8. The normalized spacial score (nSPS) is 33.4. The van der Waals surface area contributed by atoms with E-state index in [0.717, 1.165) is 25.7 Å². The summed E-state index contributed by atoms with van der Waals surface area (Å²) in [4.78, 5) is 11.9. The lowest BCUT2D eigenvalue weighted by molar-refractivity contribution is -0.205. The Balaban J connectivity index is 1.79. The van der Waals surface area contributed by atoms with Crippen molar-refractivity contribution in [3.8, 4) is 0 Å². The zero-order valence-electron chi connectivity index (χ0n) is 13.2. The second-order valence-corrected chi connectivity index (χ2v) is 6.14. The molecule has 0 aromatic rings. The number of carbonyl (C=O) groups excluding carboxylic acids is 1. The van der Waals surface area contributed by atoms with Gasteiger partial charge in [0.25, 0.3) is 0 Å². The highest BCUT2D eigenvalue weighted by Gasteiger charge is 2.52. The Morgan fingerprint density at radius 2 is 2.05 bits per heavy atom. The molecule has 1 saturated carbocycles. The van der Waals surface area contributed by atoms with Gasteiger partial charge in [-0.1, -0.05) is 6.42 Å². The first kappa shape index (κ1) is 15.9. The number of rotatable bonds is 4. The minimum absolute atomic E-state index is 0.165. The molecule has 1 aliphatic heterocycles. The van der Waals surface area contributed by atoms with E-state index in [2.05, 4.69) is 0 Å². The van der Waals surface area contributed by atoms with Crippen molar-refractivity contribution >= 4 is 5.97 Å². The molecule has 0 aromatic heterocycles. The maximum Gasteiger partial charge on any atom is 0.333 e. The summed E-state index contributed by atoms with van der Waals surface area (Å²) in [7, 11) is 2.96. The van der Waals surface area contributed by atoms with Gasteiger partial charge in [0, 0.05) is 31.9 Å². The number of methoxy groups -OCH3 is 2. The van der Waals surface area contributed by atoms with Crippen molar-refractivity contribution in [1.29, 1.82) is 0 Å². The van der Waals surface area contributed by atoms with Gasteiger partial charge in [-0.2, -0.15) is 0 Å². The highest BCUT2D eigenvalue weighted by molar-refractivity contribution is 5.88. The zero-order valence-corrected chi connectivity index (χ0v) is 13.2. The SMILES string of the molecule is COCO[C@@H]1CC(C(=O)OC)=C[C@H]2OC3(CCCCC3)O[C@H]21. The fraction of sp³-hybridized carbons (Fsp3) is 0.812. The van der Waals surface area contributed by atoms with Crippen molar-refractivity contribution in [3.05, 3.63) is 11.6 Å². The lowest BCUT2D eigenvalue weighted by atomic mass is 9.92. The Kier molecular flexibility index (Phi) is 4.82. The van der Waals surface area contributed by atoms with Crippen LogP contribution < -0.4 is 0 Å². The van der Waals surface area contributed by atoms with Gasteiger partial charge in [0.15, 0.2) is 5.79 Å². The van der Waals surface area contributed by atoms with Gasteiger partial charge < -0.3 is 23.7 Å². The van der Waals surface area contributed by atoms with Crippen molar-refractivity contribution in [2.75, 3.05) is 21.0 Å². The van der Waals surface area contributed by atoms with Crippen molar-refractivity contribution in [2.24, 2.45) is 0 Å². The van der Waals surface area contributed by atoms with Gasteiger partial charge in [0.1, 0.15) is 19.0 Å². The predicted octanol–water partition coefficient (Wildman–Crippen LogP) is 1.92. The lowest BCUT2D eigenvalue weighted by Gasteiger charge is -2.32. The van der Waals surface area contributed by atoms with E-state index in [-0.39, 0.29) is 31.1 Å². The Morgan fingerprint density at radius 3 is 2.73 bits per heavy atom. The fourth-order valence-corrected chi connectivity index (χ4v) is 3.59. The van der Waals surface area contributed by atoms with Crippen LogP contribution in [0.1, 0.15) is 38.5 Å². The van der Waals surface area contributed by atoms with E-state index in [1.165, 1.54) is 13.5 Å². The Bertz CT molecular complexity index is 440. The Hall–Kier alpha value is -0.950. The minimum atomic E-state index is -0.510. The van der Waals surface area contributed by atoms with E-state index in [0.29, 0.717) is 12.0 Å². The molecule has 1 heterocycles. The van der Waals surface area contributed by atoms with Gasteiger partial charge in [-0.3, -0.25) is 0 Å². The number of esters is 1. The summed E-state index contributed by atoms with van der Waals surface area (Å²) >= 11 is 0. The van der Waals surface area contributed by atoms with Crippen LogP contribution in [0.15, 0.2) is 11.6 Å². The van der Waals surface area contributed by atoms with Crippen LogP contribution in [-0.2, 0) is 28.5 Å². The first-order chi connectivity index (χ1) is 10.7. The second-order valence-electron chi connectivity index (χ2n) is 6.14. The summed E-state index contributed by atoms with van der Waals surface area (Å²) < 4.78 is 28.0. The average molecular weight is 312 g/mol. The summed E-state index contributed by atoms with van der Waals surface area (Å²) in [6, 6.07) is 0. The molecular formula is C16H24O6. The van der Waals surface area contributed by atoms with Crippen LogP contribution in [0.5, 0.6) is 0 Å². The fourth-order valence-electron chi connectivity index (χ4n) is 3.59. The lowest BCUT2D eigenvalue weighted by Crippen LogP contribution is -2.41. The molecule has 0 bridgehead atoms. The molecule has 1 spiro atoms. The third kappa shape index (κ3) is 3.06. The average Bonchev–Trinajstić information content (AvgIpc) is 2.89. The molecule has 0 aromatic carbocycles. The van der Waals surface area contributed by atoms with Crippen LogP contribution in [0.4, 0.5) is 0 Å². The maximum atomic E-state index is 11.9. The number of carbonyl (C=O) groups is 1. The third-order valence-corrected chi connectivity index (χ3v) is 4.64. The molecule has 6 heteroatoms. The van der Waals surface area contributed by atoms with Gasteiger partial charge >= 0.3 is 5.97 Å². The van der Waals surface area contributed by atoms with Crippen molar-refractivity contribution in [1.82, 2.24) is 0 Å². The molecule has 0 radical (unpaired) electrons. The molecule has 0 unspecified atom stereocenters. The van der Waals surface area contributed by atoms with Crippen molar-refractivity contribution < 1.29 is 28.5 Å². The van der Waals surface area contributed by atoms with Gasteiger partial charge in [-0.15, -0.1) is 0 Å². The summed E-state index contributed by atoms with van der Waals surface area (Å²) in [5.74, 6) is -0.845. The number of hydrogen-bond acceptors (Lipinski definition) is 6. The molecule has 0 N–H and O–H groups in total.